The summed E-state index contributed by atoms with van der Waals surface area (Å²) in [5.74, 6) is 0. The van der Waals surface area contributed by atoms with E-state index >= 15 is 0 Å². The molecule has 0 aromatic heterocycles. The fourth-order valence-corrected chi connectivity index (χ4v) is 12.4. The summed E-state index contributed by atoms with van der Waals surface area (Å²) < 4.78 is 42.7. The van der Waals surface area contributed by atoms with Crippen molar-refractivity contribution in [3.63, 3.8) is 0 Å². The minimum Gasteiger partial charge on any atom is -0.396 e. The van der Waals surface area contributed by atoms with Gasteiger partial charge >= 0.3 is 0 Å². The van der Waals surface area contributed by atoms with Crippen LogP contribution in [0.3, 0.4) is 0 Å². The van der Waals surface area contributed by atoms with Gasteiger partial charge in [0.25, 0.3) is 0 Å². The van der Waals surface area contributed by atoms with E-state index in [-0.39, 0.29) is 6.61 Å². The van der Waals surface area contributed by atoms with Gasteiger partial charge in [0.2, 0.25) is 0 Å². The molecule has 8 aliphatic rings. The van der Waals surface area contributed by atoms with Crippen molar-refractivity contribution in [2.75, 3.05) is 291 Å². The maximum Gasteiger partial charge on any atom is 0.0806 e. The van der Waals surface area contributed by atoms with Crippen molar-refractivity contribution < 1.29 is 57.7 Å². The molecule has 0 aliphatic carbocycles. The largest absolute Gasteiger partial charge is 0.396 e. The van der Waals surface area contributed by atoms with Gasteiger partial charge in [-0.15, -0.1) is 0 Å². The molecule has 0 amide bonds. The Hall–Kier alpha value is -0.760. The number of rotatable bonds is 35. The molecule has 0 spiro atoms. The van der Waals surface area contributed by atoms with Gasteiger partial charge in [-0.3, -0.25) is 0 Å². The van der Waals surface area contributed by atoms with Crippen LogP contribution < -0.4 is 0 Å². The van der Waals surface area contributed by atoms with Gasteiger partial charge in [-0.25, -0.2) is 0 Å². The Balaban J connectivity index is 0.000000511. The standard InChI is InChI=1S/C11H23NO2.C10H21NO2.C9H19NO2.C9H20NO.C9H19NO.C8H17NO.2C7H15NO/c1-2-13-10-11-14-9-8-12-6-4-3-5-7-12;1-12-9-10-13-8-7-11-5-3-2-4-6-11;11-7-9-12-8-6-10-4-2-1-3-5-10;1-10(6-3-4-7-10)8-5-9-11-2;1-2-11-9-5-8-10-6-3-4-7-10;1-10-8-7-9-5-3-2-4-6-9;9-7-3-6-8-4-1-2-5-8;9-7-6-8-4-2-1-3-5-8/h2-11H2,1H3;2-10H2,1H3;11H,1-9H2;3-9H2,1-2H3;2-9H2,1H3;2-8H2,1H3;2*9H,1-7H2/q;;;+1;;;;. The highest BCUT2D eigenvalue weighted by Crippen LogP contribution is 2.17. The minimum atomic E-state index is 0.139. The molecule has 0 radical (unpaired) electrons. The van der Waals surface area contributed by atoms with Crippen molar-refractivity contribution in [1.29, 1.82) is 0 Å². The maximum absolute atomic E-state index is 8.58. The van der Waals surface area contributed by atoms with Gasteiger partial charge < -0.3 is 92.0 Å². The van der Waals surface area contributed by atoms with Gasteiger partial charge in [-0.1, -0.05) is 32.1 Å². The fraction of sp³-hybridized carbons (Fsp3) is 1.00. The van der Waals surface area contributed by atoms with Crippen molar-refractivity contribution in [1.82, 2.24) is 34.3 Å². The second-order valence-corrected chi connectivity index (χ2v) is 25.5. The van der Waals surface area contributed by atoms with Gasteiger partial charge in [0.05, 0.1) is 106 Å². The average molecular weight is 1280 g/mol. The third kappa shape index (κ3) is 56.2. The highest BCUT2D eigenvalue weighted by molar-refractivity contribution is 4.69. The molecule has 3 N–H and O–H groups in total. The van der Waals surface area contributed by atoms with Gasteiger partial charge in [0, 0.05) is 113 Å². The predicted molar refractivity (Wildman–Crippen MR) is 369 cm³/mol. The Morgan fingerprint density at radius 1 is 0.270 bits per heavy atom. The number of aliphatic hydroxyl groups excluding tert-OH is 3. The summed E-state index contributed by atoms with van der Waals surface area (Å²) in [6.45, 7) is 44.3. The second-order valence-electron chi connectivity index (χ2n) is 25.5. The number of likely N-dealkylation sites (tertiary alicyclic amines) is 8. The lowest BCUT2D eigenvalue weighted by atomic mass is 10.1. The van der Waals surface area contributed by atoms with E-state index in [0.29, 0.717) is 26.4 Å². The van der Waals surface area contributed by atoms with E-state index in [9.17, 15) is 0 Å². The molecule has 8 fully saturated rings. The van der Waals surface area contributed by atoms with Crippen LogP contribution in [0.25, 0.3) is 0 Å². The first kappa shape index (κ1) is 86.3. The first-order valence-corrected chi connectivity index (χ1v) is 36.9. The zero-order valence-electron chi connectivity index (χ0n) is 59.4. The van der Waals surface area contributed by atoms with Gasteiger partial charge in [0.1, 0.15) is 0 Å². The van der Waals surface area contributed by atoms with Crippen LogP contribution in [-0.4, -0.2) is 345 Å². The Morgan fingerprint density at radius 3 is 0.944 bits per heavy atom. The molecule has 8 aliphatic heterocycles. The SMILES string of the molecule is CCOCCCN1CCCC1.CCOCCOCCN1CCCCC1.COCCC[N+]1(C)CCCC1.COCCN1CCCCC1.COCCOCCN1CCCCC1.OCCCN1CCCC1.OCCN1CCCCC1.OCCOCCN1CCCCC1. The molecule has 534 valence electrons. The molecular weight excluding hydrogens is 1130 g/mol. The van der Waals surface area contributed by atoms with Crippen LogP contribution in [0.5, 0.6) is 0 Å². The Morgan fingerprint density at radius 2 is 0.584 bits per heavy atom. The van der Waals surface area contributed by atoms with Crippen molar-refractivity contribution >= 4 is 0 Å². The van der Waals surface area contributed by atoms with Gasteiger partial charge in [-0.2, -0.15) is 0 Å². The molecule has 19 nitrogen and oxygen atoms in total. The van der Waals surface area contributed by atoms with Gasteiger partial charge in [-0.05, 0) is 208 Å². The molecule has 0 aromatic carbocycles. The van der Waals surface area contributed by atoms with Crippen molar-refractivity contribution in [2.24, 2.45) is 0 Å². The van der Waals surface area contributed by atoms with Crippen LogP contribution >= 0.6 is 0 Å². The van der Waals surface area contributed by atoms with E-state index in [0.717, 1.165) is 118 Å². The van der Waals surface area contributed by atoms with E-state index in [1.165, 1.54) is 270 Å². The quantitative estimate of drug-likeness (QED) is 0.0414. The van der Waals surface area contributed by atoms with Crippen molar-refractivity contribution in [2.45, 2.75) is 168 Å². The van der Waals surface area contributed by atoms with Gasteiger partial charge in [0.15, 0.2) is 0 Å². The van der Waals surface area contributed by atoms with Crippen molar-refractivity contribution in [3.8, 4) is 0 Å². The summed E-state index contributed by atoms with van der Waals surface area (Å²) in [6.07, 6.45) is 32.2. The topological polar surface area (TPSA) is 157 Å². The summed E-state index contributed by atoms with van der Waals surface area (Å²) in [4.78, 5) is 17.1. The predicted octanol–water partition coefficient (Wildman–Crippen LogP) is 7.96. The molecule has 8 saturated heterocycles. The third-order valence-corrected chi connectivity index (χ3v) is 17.9. The molecular formula is C70H149N8O11+. The maximum atomic E-state index is 8.58. The van der Waals surface area contributed by atoms with E-state index in [2.05, 4.69) is 48.3 Å². The Bertz CT molecular complexity index is 1350. The van der Waals surface area contributed by atoms with Crippen LogP contribution in [0.2, 0.25) is 0 Å². The summed E-state index contributed by atoms with van der Waals surface area (Å²) in [5, 5.41) is 25.5. The lowest BCUT2D eigenvalue weighted by Gasteiger charge is -2.28. The van der Waals surface area contributed by atoms with E-state index < -0.39 is 0 Å². The van der Waals surface area contributed by atoms with Crippen molar-refractivity contribution in [3.05, 3.63) is 0 Å². The monoisotopic (exact) mass is 1280 g/mol. The number of piperidine rings is 5. The first-order valence-electron chi connectivity index (χ1n) is 36.9. The molecule has 89 heavy (non-hydrogen) atoms. The molecule has 8 rings (SSSR count). The summed E-state index contributed by atoms with van der Waals surface area (Å²) in [6, 6.07) is 0. The van der Waals surface area contributed by atoms with Crippen LogP contribution in [0.15, 0.2) is 0 Å². The van der Waals surface area contributed by atoms with E-state index in [4.69, 9.17) is 53.2 Å². The minimum absolute atomic E-state index is 0.139. The van der Waals surface area contributed by atoms with E-state index in [1.54, 1.807) is 21.3 Å². The molecule has 0 saturated carbocycles. The van der Waals surface area contributed by atoms with E-state index in [1.807, 2.05) is 6.92 Å². The normalized spacial score (nSPS) is 20.3. The number of β-amino-alcohol motifs (C(OH)–C–C–N with tert-alkyl or cyclic N) is 1. The molecule has 0 atom stereocenters. The lowest BCUT2D eigenvalue weighted by molar-refractivity contribution is -0.897. The van der Waals surface area contributed by atoms with Crippen LogP contribution in [0.4, 0.5) is 0 Å². The summed E-state index contributed by atoms with van der Waals surface area (Å²) >= 11 is 0. The first-order chi connectivity index (χ1) is 43.8. The summed E-state index contributed by atoms with van der Waals surface area (Å²) in [5.41, 5.74) is 0. The number of nitrogens with zero attached hydrogens (tertiary/aromatic N) is 8. The van der Waals surface area contributed by atoms with Crippen LogP contribution in [-0.2, 0) is 37.9 Å². The molecule has 0 bridgehead atoms. The number of quaternary nitrogens is 1. The molecule has 0 aromatic rings. The highest BCUT2D eigenvalue weighted by Gasteiger charge is 2.25. The average Bonchev–Trinajstić information content (AvgIpc) is 4.61. The Labute approximate surface area is 548 Å². The molecule has 19 heteroatoms. The second kappa shape index (κ2) is 67.2. The smallest absolute Gasteiger partial charge is 0.0806 e. The number of ether oxygens (including phenoxy) is 8. The fourth-order valence-electron chi connectivity index (χ4n) is 12.4. The zero-order chi connectivity index (χ0) is 64.5. The molecule has 8 heterocycles. The number of methoxy groups -OCH3 is 3. The van der Waals surface area contributed by atoms with Crippen LogP contribution in [0.1, 0.15) is 168 Å². The third-order valence-electron chi connectivity index (χ3n) is 17.9. The number of hydrogen-bond acceptors (Lipinski definition) is 18. The molecule has 0 unspecified atom stereocenters. The lowest BCUT2D eigenvalue weighted by Crippen LogP contribution is -2.41. The zero-order valence-corrected chi connectivity index (χ0v) is 59.4. The number of hydrogen-bond donors (Lipinski definition) is 3. The Kier molecular flexibility index (Phi) is 65.2. The number of aliphatic hydroxyl groups is 3. The highest BCUT2D eigenvalue weighted by atomic mass is 16.5. The summed E-state index contributed by atoms with van der Waals surface area (Å²) in [7, 11) is 7.62. The van der Waals surface area contributed by atoms with Crippen LogP contribution in [0, 0.1) is 0 Å².